The van der Waals surface area contributed by atoms with E-state index in [1.54, 1.807) is 0 Å². The highest BCUT2D eigenvalue weighted by atomic mass is 35.5. The Hall–Kier alpha value is -1.19. The van der Waals surface area contributed by atoms with Crippen LogP contribution in [0.3, 0.4) is 0 Å². The number of nitrogens with zero attached hydrogens (tertiary/aromatic N) is 1. The topological polar surface area (TPSA) is 54.7 Å². The summed E-state index contributed by atoms with van der Waals surface area (Å²) in [5.41, 5.74) is 8.51. The molecule has 0 fully saturated rings. The Kier molecular flexibility index (Phi) is 3.61. The fourth-order valence-corrected chi connectivity index (χ4v) is 1.53. The van der Waals surface area contributed by atoms with Gasteiger partial charge in [-0.2, -0.15) is 5.10 Å². The van der Waals surface area contributed by atoms with E-state index >= 15 is 0 Å². The maximum absolute atomic E-state index is 5.89. The maximum atomic E-state index is 5.89. The van der Waals surface area contributed by atoms with E-state index in [0.29, 0.717) is 10.8 Å². The molecule has 1 heterocycles. The summed E-state index contributed by atoms with van der Waals surface area (Å²) in [7, 11) is 0. The van der Waals surface area contributed by atoms with Crippen molar-refractivity contribution in [2.45, 2.75) is 6.92 Å². The summed E-state index contributed by atoms with van der Waals surface area (Å²) >= 11 is 5.89. The first-order valence-corrected chi connectivity index (χ1v) is 4.62. The lowest BCUT2D eigenvalue weighted by atomic mass is 10.1. The second kappa shape index (κ2) is 4.55. The first-order valence-electron chi connectivity index (χ1n) is 4.25. The van der Waals surface area contributed by atoms with Gasteiger partial charge in [0.2, 0.25) is 0 Å². The van der Waals surface area contributed by atoms with Crippen LogP contribution in [-0.2, 0) is 0 Å². The van der Waals surface area contributed by atoms with Crippen molar-refractivity contribution in [1.82, 2.24) is 10.2 Å². The van der Waals surface area contributed by atoms with Crippen LogP contribution in [0.25, 0.3) is 11.3 Å². The molecule has 0 aliphatic heterocycles. The number of anilines is 1. The summed E-state index contributed by atoms with van der Waals surface area (Å²) in [4.78, 5) is 0. The number of hydrogen-bond donors (Lipinski definition) is 2. The molecule has 0 aliphatic rings. The van der Waals surface area contributed by atoms with Gasteiger partial charge in [0.15, 0.2) is 0 Å². The average Bonchev–Trinajstić information content (AvgIpc) is 2.48. The molecule has 0 spiro atoms. The zero-order valence-corrected chi connectivity index (χ0v) is 9.69. The van der Waals surface area contributed by atoms with Gasteiger partial charge >= 0.3 is 0 Å². The van der Waals surface area contributed by atoms with Crippen LogP contribution >= 0.6 is 24.0 Å². The Labute approximate surface area is 99.0 Å². The summed E-state index contributed by atoms with van der Waals surface area (Å²) in [5.74, 6) is 0.528. The molecule has 15 heavy (non-hydrogen) atoms. The van der Waals surface area contributed by atoms with E-state index in [1.165, 1.54) is 0 Å². The third-order valence-corrected chi connectivity index (χ3v) is 2.40. The Balaban J connectivity index is 0.00000112. The Morgan fingerprint density at radius 3 is 2.67 bits per heavy atom. The van der Waals surface area contributed by atoms with E-state index < -0.39 is 0 Å². The Morgan fingerprint density at radius 1 is 1.40 bits per heavy atom. The molecule has 0 saturated heterocycles. The molecule has 5 heteroatoms. The Bertz CT molecular complexity index is 465. The van der Waals surface area contributed by atoms with Gasteiger partial charge in [0.25, 0.3) is 0 Å². The number of nitrogens with two attached hydrogens (primary N) is 1. The molecule has 0 radical (unpaired) electrons. The molecule has 1 aromatic heterocycles. The van der Waals surface area contributed by atoms with E-state index in [2.05, 4.69) is 10.2 Å². The minimum atomic E-state index is 0. The standard InChI is InChI=1S/C10H10ClN3.ClH/c1-6-9(13-14-10(6)12)7-3-2-4-8(11)5-7;/h2-5H,1H3,(H3,12,13,14);1H. The van der Waals surface area contributed by atoms with Crippen molar-refractivity contribution < 1.29 is 0 Å². The van der Waals surface area contributed by atoms with Crippen LogP contribution in [0.2, 0.25) is 5.02 Å². The number of aromatic nitrogens is 2. The molecule has 0 amide bonds. The first-order chi connectivity index (χ1) is 6.68. The van der Waals surface area contributed by atoms with E-state index in [-0.39, 0.29) is 12.4 Å². The molecule has 1 aromatic carbocycles. The van der Waals surface area contributed by atoms with Crippen molar-refractivity contribution in [3.05, 3.63) is 34.9 Å². The van der Waals surface area contributed by atoms with Gasteiger partial charge in [-0.1, -0.05) is 23.7 Å². The van der Waals surface area contributed by atoms with Crippen LogP contribution in [0.15, 0.2) is 24.3 Å². The largest absolute Gasteiger partial charge is 0.382 e. The number of rotatable bonds is 1. The first kappa shape index (κ1) is 11.9. The molecule has 0 bridgehead atoms. The summed E-state index contributed by atoms with van der Waals surface area (Å²) < 4.78 is 0. The van der Waals surface area contributed by atoms with Gasteiger partial charge in [-0.05, 0) is 19.1 Å². The molecule has 0 unspecified atom stereocenters. The molecule has 3 nitrogen and oxygen atoms in total. The molecule has 2 aromatic rings. The third-order valence-electron chi connectivity index (χ3n) is 2.16. The number of hydrogen-bond acceptors (Lipinski definition) is 2. The molecule has 2 rings (SSSR count). The number of halogens is 2. The normalized spacial score (nSPS) is 9.73. The van der Waals surface area contributed by atoms with Crippen molar-refractivity contribution in [2.24, 2.45) is 0 Å². The van der Waals surface area contributed by atoms with Crippen molar-refractivity contribution in [1.29, 1.82) is 0 Å². The lowest BCUT2D eigenvalue weighted by Gasteiger charge is -1.99. The molecule has 0 atom stereocenters. The molecule has 0 saturated carbocycles. The van der Waals surface area contributed by atoms with Gasteiger partial charge in [0, 0.05) is 16.1 Å². The number of nitrogens with one attached hydrogen (secondary N) is 1. The highest BCUT2D eigenvalue weighted by molar-refractivity contribution is 6.30. The third kappa shape index (κ3) is 2.25. The molecule has 0 aliphatic carbocycles. The van der Waals surface area contributed by atoms with Crippen molar-refractivity contribution in [3.63, 3.8) is 0 Å². The predicted octanol–water partition coefficient (Wildman–Crippen LogP) is 3.04. The van der Waals surface area contributed by atoms with Crippen LogP contribution in [0.4, 0.5) is 5.82 Å². The molecule has 3 N–H and O–H groups in total. The fourth-order valence-electron chi connectivity index (χ4n) is 1.34. The van der Waals surface area contributed by atoms with Gasteiger partial charge in [-0.3, -0.25) is 5.10 Å². The highest BCUT2D eigenvalue weighted by Gasteiger charge is 2.07. The minimum Gasteiger partial charge on any atom is -0.382 e. The lowest BCUT2D eigenvalue weighted by molar-refractivity contribution is 1.10. The second-order valence-electron chi connectivity index (χ2n) is 3.12. The summed E-state index contributed by atoms with van der Waals surface area (Å²) in [6.07, 6.45) is 0. The van der Waals surface area contributed by atoms with Crippen molar-refractivity contribution >= 4 is 29.8 Å². The van der Waals surface area contributed by atoms with Gasteiger partial charge in [0.1, 0.15) is 5.82 Å². The van der Waals surface area contributed by atoms with Crippen LogP contribution in [0.1, 0.15) is 5.56 Å². The quantitative estimate of drug-likeness (QED) is 0.809. The minimum absolute atomic E-state index is 0. The van der Waals surface area contributed by atoms with Crippen LogP contribution < -0.4 is 5.73 Å². The lowest BCUT2D eigenvalue weighted by Crippen LogP contribution is -1.86. The van der Waals surface area contributed by atoms with E-state index in [4.69, 9.17) is 17.3 Å². The van der Waals surface area contributed by atoms with Crippen molar-refractivity contribution in [3.8, 4) is 11.3 Å². The number of nitrogen functional groups attached to an aromatic ring is 1. The monoisotopic (exact) mass is 243 g/mol. The van der Waals surface area contributed by atoms with Crippen LogP contribution in [-0.4, -0.2) is 10.2 Å². The Morgan fingerprint density at radius 2 is 2.13 bits per heavy atom. The van der Waals surface area contributed by atoms with Gasteiger partial charge in [0.05, 0.1) is 5.69 Å². The van der Waals surface area contributed by atoms with Gasteiger partial charge in [-0.25, -0.2) is 0 Å². The molecule has 80 valence electrons. The number of H-pyrrole nitrogens is 1. The molecular formula is C10H11Cl2N3. The highest BCUT2D eigenvalue weighted by Crippen LogP contribution is 2.25. The number of aromatic amines is 1. The SMILES string of the molecule is Cc1c(N)n[nH]c1-c1cccc(Cl)c1.Cl. The summed E-state index contributed by atoms with van der Waals surface area (Å²) in [6, 6.07) is 7.57. The van der Waals surface area contributed by atoms with E-state index in [1.807, 2.05) is 31.2 Å². The average molecular weight is 244 g/mol. The molecular weight excluding hydrogens is 233 g/mol. The smallest absolute Gasteiger partial charge is 0.148 e. The predicted molar refractivity (Wildman–Crippen MR) is 65.4 cm³/mol. The second-order valence-corrected chi connectivity index (χ2v) is 3.56. The van der Waals surface area contributed by atoms with Crippen LogP contribution in [0, 0.1) is 6.92 Å². The van der Waals surface area contributed by atoms with E-state index in [9.17, 15) is 0 Å². The van der Waals surface area contributed by atoms with Crippen LogP contribution in [0.5, 0.6) is 0 Å². The van der Waals surface area contributed by atoms with Gasteiger partial charge in [-0.15, -0.1) is 12.4 Å². The summed E-state index contributed by atoms with van der Waals surface area (Å²) in [5, 5.41) is 7.52. The zero-order chi connectivity index (χ0) is 10.1. The van der Waals surface area contributed by atoms with E-state index in [0.717, 1.165) is 16.8 Å². The number of benzene rings is 1. The van der Waals surface area contributed by atoms with Gasteiger partial charge < -0.3 is 5.73 Å². The maximum Gasteiger partial charge on any atom is 0.148 e. The van der Waals surface area contributed by atoms with Crippen molar-refractivity contribution in [2.75, 3.05) is 5.73 Å². The fraction of sp³-hybridized carbons (Fsp3) is 0.100. The zero-order valence-electron chi connectivity index (χ0n) is 8.12. The summed E-state index contributed by atoms with van der Waals surface area (Å²) in [6.45, 7) is 1.93.